The lowest BCUT2D eigenvalue weighted by Gasteiger charge is -2.42. The molecule has 0 heterocycles. The fourth-order valence-electron chi connectivity index (χ4n) is 2.39. The molecule has 0 atom stereocenters. The van der Waals surface area contributed by atoms with Crippen molar-refractivity contribution in [3.8, 4) is 6.07 Å². The lowest BCUT2D eigenvalue weighted by atomic mass is 9.59. The van der Waals surface area contributed by atoms with E-state index in [9.17, 15) is 9.65 Å². The van der Waals surface area contributed by atoms with Crippen LogP contribution in [0.3, 0.4) is 0 Å². The summed E-state index contributed by atoms with van der Waals surface area (Å²) in [5.74, 6) is 0.384. The zero-order chi connectivity index (χ0) is 10.9. The number of rotatable bonds is 2. The molecule has 15 heavy (non-hydrogen) atoms. The normalized spacial score (nSPS) is 29.3. The average molecular weight is 203 g/mol. The van der Waals surface area contributed by atoms with Crippen LogP contribution in [0.5, 0.6) is 0 Å². The van der Waals surface area contributed by atoms with Gasteiger partial charge in [0.2, 0.25) is 0 Å². The Morgan fingerprint density at radius 1 is 1.53 bits per heavy atom. The first-order chi connectivity index (χ1) is 7.20. The van der Waals surface area contributed by atoms with E-state index in [0.717, 1.165) is 24.8 Å². The minimum absolute atomic E-state index is 0.248. The smallest absolute Gasteiger partial charge is 0.123 e. The molecule has 78 valence electrons. The second kappa shape index (κ2) is 3.66. The first-order valence-electron chi connectivity index (χ1n) is 5.37. The third kappa shape index (κ3) is 1.63. The van der Waals surface area contributed by atoms with Gasteiger partial charge in [0.15, 0.2) is 0 Å². The molecule has 1 aliphatic carbocycles. The van der Waals surface area contributed by atoms with E-state index in [1.54, 1.807) is 6.07 Å². The summed E-state index contributed by atoms with van der Waals surface area (Å²) in [4.78, 5) is 0. The molecule has 0 unspecified atom stereocenters. The maximum absolute atomic E-state index is 13.1. The Morgan fingerprint density at radius 3 is 2.80 bits per heavy atom. The molecule has 1 aromatic carbocycles. The van der Waals surface area contributed by atoms with E-state index in [2.05, 4.69) is 13.0 Å². The maximum Gasteiger partial charge on any atom is 0.123 e. The molecule has 1 saturated carbocycles. The predicted octanol–water partition coefficient (Wildman–Crippen LogP) is 3.41. The van der Waals surface area contributed by atoms with Crippen molar-refractivity contribution in [3.63, 3.8) is 0 Å². The molecule has 0 radical (unpaired) electrons. The Hall–Kier alpha value is -1.36. The maximum atomic E-state index is 13.1. The highest BCUT2D eigenvalue weighted by molar-refractivity contribution is 5.36. The molecule has 1 nitrogen and oxygen atoms in total. The van der Waals surface area contributed by atoms with Crippen LogP contribution in [-0.4, -0.2) is 0 Å². The second-order valence-corrected chi connectivity index (χ2v) is 4.39. The molecule has 0 aromatic heterocycles. The summed E-state index contributed by atoms with van der Waals surface area (Å²) in [5, 5.41) is 9.22. The summed E-state index contributed by atoms with van der Waals surface area (Å²) in [5.41, 5.74) is 0.428. The topological polar surface area (TPSA) is 23.8 Å². The van der Waals surface area contributed by atoms with Gasteiger partial charge in [0.1, 0.15) is 5.82 Å². The quantitative estimate of drug-likeness (QED) is 0.722. The molecular weight excluding hydrogens is 189 g/mol. The van der Waals surface area contributed by atoms with Crippen molar-refractivity contribution >= 4 is 0 Å². The molecule has 0 saturated heterocycles. The number of halogens is 1. The Kier molecular flexibility index (Phi) is 2.48. The minimum Gasteiger partial charge on any atom is -0.207 e. The summed E-state index contributed by atoms with van der Waals surface area (Å²) in [6, 6.07) is 8.82. The van der Waals surface area contributed by atoms with Crippen molar-refractivity contribution in [1.82, 2.24) is 0 Å². The number of nitriles is 1. The third-order valence-electron chi connectivity index (χ3n) is 3.44. The molecule has 0 spiro atoms. The van der Waals surface area contributed by atoms with Crippen LogP contribution in [0.15, 0.2) is 24.3 Å². The fourth-order valence-corrected chi connectivity index (χ4v) is 2.39. The standard InChI is InChI=1S/C13H14FN/c1-2-10-7-13(8-10,9-15)11-4-3-5-12(14)6-11/h3-6,10H,2,7-8H2,1H3. The van der Waals surface area contributed by atoms with Gasteiger partial charge in [0.25, 0.3) is 0 Å². The van der Waals surface area contributed by atoms with E-state index in [1.165, 1.54) is 12.1 Å². The van der Waals surface area contributed by atoms with Gasteiger partial charge in [-0.1, -0.05) is 25.5 Å². The van der Waals surface area contributed by atoms with Crippen LogP contribution in [0, 0.1) is 23.1 Å². The van der Waals surface area contributed by atoms with Crippen LogP contribution < -0.4 is 0 Å². The highest BCUT2D eigenvalue weighted by atomic mass is 19.1. The van der Waals surface area contributed by atoms with E-state index < -0.39 is 5.41 Å². The number of hydrogen-bond donors (Lipinski definition) is 0. The van der Waals surface area contributed by atoms with Gasteiger partial charge in [-0.2, -0.15) is 5.26 Å². The zero-order valence-electron chi connectivity index (χ0n) is 8.83. The predicted molar refractivity (Wildman–Crippen MR) is 56.7 cm³/mol. The molecule has 1 fully saturated rings. The number of hydrogen-bond acceptors (Lipinski definition) is 1. The van der Waals surface area contributed by atoms with Gasteiger partial charge in [0.05, 0.1) is 11.5 Å². The largest absolute Gasteiger partial charge is 0.207 e. The van der Waals surface area contributed by atoms with Gasteiger partial charge in [-0.05, 0) is 36.5 Å². The number of nitrogens with zero attached hydrogens (tertiary/aromatic N) is 1. The molecule has 0 N–H and O–H groups in total. The van der Waals surface area contributed by atoms with Crippen molar-refractivity contribution in [2.75, 3.05) is 0 Å². The molecule has 0 amide bonds. The van der Waals surface area contributed by atoms with Crippen molar-refractivity contribution in [2.45, 2.75) is 31.6 Å². The summed E-state index contributed by atoms with van der Waals surface area (Å²) < 4.78 is 13.1. The molecule has 2 heteroatoms. The molecule has 1 aliphatic rings. The first-order valence-corrected chi connectivity index (χ1v) is 5.37. The summed E-state index contributed by atoms with van der Waals surface area (Å²) in [6.07, 6.45) is 2.87. The Bertz CT molecular complexity index is 399. The van der Waals surface area contributed by atoms with Crippen molar-refractivity contribution in [3.05, 3.63) is 35.6 Å². The van der Waals surface area contributed by atoms with Crippen LogP contribution in [-0.2, 0) is 5.41 Å². The Labute approximate surface area is 89.5 Å². The van der Waals surface area contributed by atoms with Crippen LogP contribution in [0.4, 0.5) is 4.39 Å². The highest BCUT2D eigenvalue weighted by Gasteiger charge is 2.45. The Morgan fingerprint density at radius 2 is 2.27 bits per heavy atom. The van der Waals surface area contributed by atoms with Crippen LogP contribution in [0.25, 0.3) is 0 Å². The Balaban J connectivity index is 2.26. The van der Waals surface area contributed by atoms with Gasteiger partial charge in [-0.25, -0.2) is 4.39 Å². The fraction of sp³-hybridized carbons (Fsp3) is 0.462. The first kappa shape index (κ1) is 10.2. The molecule has 1 aromatic rings. The van der Waals surface area contributed by atoms with E-state index >= 15 is 0 Å². The molecule has 0 bridgehead atoms. The summed E-state index contributed by atoms with van der Waals surface area (Å²) in [7, 11) is 0. The SMILES string of the molecule is CCC1CC(C#N)(c2cccc(F)c2)C1. The van der Waals surface area contributed by atoms with Gasteiger partial charge in [-0.3, -0.25) is 0 Å². The van der Waals surface area contributed by atoms with Gasteiger partial charge in [-0.15, -0.1) is 0 Å². The molecule has 0 aliphatic heterocycles. The van der Waals surface area contributed by atoms with Gasteiger partial charge >= 0.3 is 0 Å². The van der Waals surface area contributed by atoms with E-state index in [-0.39, 0.29) is 5.82 Å². The highest BCUT2D eigenvalue weighted by Crippen LogP contribution is 2.48. The van der Waals surface area contributed by atoms with Crippen molar-refractivity contribution < 1.29 is 4.39 Å². The lowest BCUT2D eigenvalue weighted by molar-refractivity contribution is 0.191. The van der Waals surface area contributed by atoms with E-state index in [4.69, 9.17) is 0 Å². The van der Waals surface area contributed by atoms with E-state index in [0.29, 0.717) is 5.92 Å². The van der Waals surface area contributed by atoms with Crippen molar-refractivity contribution in [2.24, 2.45) is 5.92 Å². The molecule has 2 rings (SSSR count). The van der Waals surface area contributed by atoms with Gasteiger partial charge in [0, 0.05) is 0 Å². The van der Waals surface area contributed by atoms with Crippen LogP contribution in [0.1, 0.15) is 31.7 Å². The average Bonchev–Trinajstić information content (AvgIpc) is 2.18. The number of benzene rings is 1. The third-order valence-corrected chi connectivity index (χ3v) is 3.44. The second-order valence-electron chi connectivity index (χ2n) is 4.39. The molecular formula is C13H14FN. The van der Waals surface area contributed by atoms with Crippen LogP contribution in [0.2, 0.25) is 0 Å². The van der Waals surface area contributed by atoms with Gasteiger partial charge < -0.3 is 0 Å². The van der Waals surface area contributed by atoms with E-state index in [1.807, 2.05) is 6.07 Å². The summed E-state index contributed by atoms with van der Waals surface area (Å²) in [6.45, 7) is 2.14. The zero-order valence-corrected chi connectivity index (χ0v) is 8.83. The minimum atomic E-state index is -0.414. The monoisotopic (exact) mass is 203 g/mol. The lowest BCUT2D eigenvalue weighted by Crippen LogP contribution is -2.39. The van der Waals surface area contributed by atoms with Crippen molar-refractivity contribution in [1.29, 1.82) is 5.26 Å². The van der Waals surface area contributed by atoms with Crippen LogP contribution >= 0.6 is 0 Å². The summed E-state index contributed by atoms with van der Waals surface area (Å²) >= 11 is 0.